The average molecular weight is 369 g/mol. The van der Waals surface area contributed by atoms with Crippen LogP contribution in [0.5, 0.6) is 0 Å². The van der Waals surface area contributed by atoms with E-state index in [1.165, 1.54) is 19.3 Å². The largest absolute Gasteiger partial charge is 0.392 e. The summed E-state index contributed by atoms with van der Waals surface area (Å²) in [5, 5.41) is 19.9. The fourth-order valence-electron chi connectivity index (χ4n) is 7.89. The molecule has 4 saturated carbocycles. The molecule has 0 saturated heterocycles. The van der Waals surface area contributed by atoms with Gasteiger partial charge in [0.15, 0.2) is 0 Å². The molecule has 0 radical (unpaired) electrons. The summed E-state index contributed by atoms with van der Waals surface area (Å²) in [4.78, 5) is 0. The molecular weight excluding hydrogens is 334 g/mol. The molecule has 0 spiro atoms. The standard InChI is InChI=1S/C22H34F2O2/c1-13(12-25)18-5-6-19-17-4-3-14-11-22(26,20(23)24)10-8-15(14)16(17)7-9-21(18,19)2/h14-20,25-26H,1,3-12H2,2H3/t14-,15+,16-,17-,18-,19+,21-,22-/m1/s1. The lowest BCUT2D eigenvalue weighted by molar-refractivity contribution is -0.159. The van der Waals surface area contributed by atoms with Crippen LogP contribution in [0.25, 0.3) is 0 Å². The van der Waals surface area contributed by atoms with Crippen LogP contribution in [-0.4, -0.2) is 28.8 Å². The van der Waals surface area contributed by atoms with Gasteiger partial charge >= 0.3 is 0 Å². The van der Waals surface area contributed by atoms with Gasteiger partial charge in [-0.25, -0.2) is 8.78 Å². The molecule has 0 aliphatic heterocycles. The summed E-state index contributed by atoms with van der Waals surface area (Å²) in [6.07, 6.45) is 5.56. The van der Waals surface area contributed by atoms with Crippen LogP contribution in [-0.2, 0) is 0 Å². The van der Waals surface area contributed by atoms with Crippen molar-refractivity contribution >= 4 is 0 Å². The Morgan fingerprint density at radius 2 is 1.77 bits per heavy atom. The van der Waals surface area contributed by atoms with Crippen LogP contribution in [0.1, 0.15) is 64.7 Å². The summed E-state index contributed by atoms with van der Waals surface area (Å²) in [7, 11) is 0. The van der Waals surface area contributed by atoms with Crippen LogP contribution in [0.2, 0.25) is 0 Å². The number of hydrogen-bond donors (Lipinski definition) is 2. The SMILES string of the molecule is C=C(CO)[C@H]1CC[C@H]2[C@@H]3CC[C@@H]4C[C@@](O)(C(F)F)CC[C@@H]4[C@H]3CC[C@]12C. The maximum absolute atomic E-state index is 13.3. The summed E-state index contributed by atoms with van der Waals surface area (Å²) in [5.74, 6) is 3.27. The zero-order valence-corrected chi connectivity index (χ0v) is 16.0. The highest BCUT2D eigenvalue weighted by Crippen LogP contribution is 2.65. The first-order valence-corrected chi connectivity index (χ1v) is 10.6. The molecule has 0 amide bonds. The molecule has 4 aliphatic carbocycles. The van der Waals surface area contributed by atoms with Gasteiger partial charge in [-0.3, -0.25) is 0 Å². The van der Waals surface area contributed by atoms with Crippen molar-refractivity contribution in [3.63, 3.8) is 0 Å². The predicted octanol–water partition coefficient (Wildman–Crippen LogP) is 4.80. The van der Waals surface area contributed by atoms with Crippen LogP contribution in [0.3, 0.4) is 0 Å². The van der Waals surface area contributed by atoms with Crippen molar-refractivity contribution in [1.29, 1.82) is 0 Å². The van der Waals surface area contributed by atoms with Crippen LogP contribution >= 0.6 is 0 Å². The molecule has 0 unspecified atom stereocenters. The van der Waals surface area contributed by atoms with Crippen molar-refractivity contribution < 1.29 is 19.0 Å². The number of aliphatic hydroxyl groups is 2. The van der Waals surface area contributed by atoms with Gasteiger partial charge in [-0.15, -0.1) is 0 Å². The third-order valence-corrected chi connectivity index (χ3v) is 9.15. The van der Waals surface area contributed by atoms with Gasteiger partial charge in [0.25, 0.3) is 6.43 Å². The molecule has 4 fully saturated rings. The third kappa shape index (κ3) is 2.70. The van der Waals surface area contributed by atoms with Crippen LogP contribution in [0, 0.1) is 40.9 Å². The highest BCUT2D eigenvalue weighted by molar-refractivity contribution is 5.15. The molecule has 2 N–H and O–H groups in total. The smallest absolute Gasteiger partial charge is 0.266 e. The van der Waals surface area contributed by atoms with E-state index in [0.717, 1.165) is 31.3 Å². The third-order valence-electron chi connectivity index (χ3n) is 9.15. The van der Waals surface area contributed by atoms with E-state index in [9.17, 15) is 19.0 Å². The zero-order chi connectivity index (χ0) is 18.7. The monoisotopic (exact) mass is 368 g/mol. The Morgan fingerprint density at radius 3 is 2.46 bits per heavy atom. The van der Waals surface area contributed by atoms with Crippen LogP contribution in [0.15, 0.2) is 12.2 Å². The minimum absolute atomic E-state index is 0.0952. The normalized spacial score (nSPS) is 50.8. The summed E-state index contributed by atoms with van der Waals surface area (Å²) < 4.78 is 26.6. The summed E-state index contributed by atoms with van der Waals surface area (Å²) in [6.45, 7) is 6.65. The molecule has 4 heteroatoms. The Kier molecular flexibility index (Phi) is 4.75. The number of aliphatic hydroxyl groups excluding tert-OH is 1. The quantitative estimate of drug-likeness (QED) is 0.703. The van der Waals surface area contributed by atoms with E-state index >= 15 is 0 Å². The molecule has 0 aromatic carbocycles. The van der Waals surface area contributed by atoms with Gasteiger partial charge in [0.05, 0.1) is 6.61 Å². The van der Waals surface area contributed by atoms with Gasteiger partial charge in [-0.2, -0.15) is 0 Å². The number of rotatable bonds is 3. The molecule has 148 valence electrons. The lowest BCUT2D eigenvalue weighted by Crippen LogP contribution is -2.52. The first kappa shape index (κ1) is 18.9. The molecule has 0 bridgehead atoms. The average Bonchev–Trinajstić information content (AvgIpc) is 2.97. The maximum Gasteiger partial charge on any atom is 0.266 e. The van der Waals surface area contributed by atoms with E-state index in [2.05, 4.69) is 13.5 Å². The van der Waals surface area contributed by atoms with E-state index in [1.807, 2.05) is 0 Å². The van der Waals surface area contributed by atoms with Crippen molar-refractivity contribution in [2.75, 3.05) is 6.61 Å². The molecule has 2 nitrogen and oxygen atoms in total. The molecule has 8 atom stereocenters. The Balaban J connectivity index is 1.52. The Labute approximate surface area is 156 Å². The molecule has 26 heavy (non-hydrogen) atoms. The Bertz CT molecular complexity index is 564. The Hall–Kier alpha value is -0.480. The van der Waals surface area contributed by atoms with E-state index in [1.54, 1.807) is 0 Å². The second-order valence-electron chi connectivity index (χ2n) is 10.1. The first-order valence-electron chi connectivity index (χ1n) is 10.6. The van der Waals surface area contributed by atoms with Crippen molar-refractivity contribution in [3.05, 3.63) is 12.2 Å². The van der Waals surface area contributed by atoms with Gasteiger partial charge in [0, 0.05) is 0 Å². The summed E-state index contributed by atoms with van der Waals surface area (Å²) in [6, 6.07) is 0. The Morgan fingerprint density at radius 1 is 1.04 bits per heavy atom. The van der Waals surface area contributed by atoms with E-state index in [4.69, 9.17) is 0 Å². The molecular formula is C22H34F2O2. The van der Waals surface area contributed by atoms with E-state index < -0.39 is 12.0 Å². The zero-order valence-electron chi connectivity index (χ0n) is 16.0. The van der Waals surface area contributed by atoms with Crippen molar-refractivity contribution in [2.45, 2.75) is 76.7 Å². The minimum Gasteiger partial charge on any atom is -0.392 e. The van der Waals surface area contributed by atoms with Crippen molar-refractivity contribution in [2.24, 2.45) is 40.9 Å². The highest BCUT2D eigenvalue weighted by atomic mass is 19.3. The molecule has 4 rings (SSSR count). The lowest BCUT2D eigenvalue weighted by atomic mass is 9.48. The number of fused-ring (bicyclic) bond motifs is 5. The van der Waals surface area contributed by atoms with Gasteiger partial charge in [-0.1, -0.05) is 13.5 Å². The van der Waals surface area contributed by atoms with Gasteiger partial charge in [0.2, 0.25) is 0 Å². The highest BCUT2D eigenvalue weighted by Gasteiger charge is 2.58. The van der Waals surface area contributed by atoms with E-state index in [-0.39, 0.29) is 24.4 Å². The summed E-state index contributed by atoms with van der Waals surface area (Å²) >= 11 is 0. The minimum atomic E-state index is -2.61. The van der Waals surface area contributed by atoms with Crippen molar-refractivity contribution in [3.8, 4) is 0 Å². The second kappa shape index (κ2) is 6.55. The maximum atomic E-state index is 13.3. The summed E-state index contributed by atoms with van der Waals surface area (Å²) in [5.41, 5.74) is -0.484. The number of alkyl halides is 2. The number of halogens is 2. The van der Waals surface area contributed by atoms with Crippen molar-refractivity contribution in [1.82, 2.24) is 0 Å². The lowest BCUT2D eigenvalue weighted by Gasteiger charge is -2.57. The fourth-order valence-corrected chi connectivity index (χ4v) is 7.89. The topological polar surface area (TPSA) is 40.5 Å². The molecule has 4 aliphatic rings. The van der Waals surface area contributed by atoms with Gasteiger partial charge in [-0.05, 0) is 104 Å². The number of hydrogen-bond acceptors (Lipinski definition) is 2. The second-order valence-corrected chi connectivity index (χ2v) is 10.1. The molecule has 0 aromatic heterocycles. The van der Waals surface area contributed by atoms with Crippen LogP contribution < -0.4 is 0 Å². The van der Waals surface area contributed by atoms with Crippen LogP contribution in [0.4, 0.5) is 8.78 Å². The van der Waals surface area contributed by atoms with E-state index in [0.29, 0.717) is 36.0 Å². The van der Waals surface area contributed by atoms with Gasteiger partial charge < -0.3 is 10.2 Å². The molecule has 0 aromatic rings. The molecule has 0 heterocycles. The predicted molar refractivity (Wildman–Crippen MR) is 97.8 cm³/mol. The van der Waals surface area contributed by atoms with Gasteiger partial charge in [0.1, 0.15) is 5.60 Å². The first-order chi connectivity index (χ1) is 12.3. The fraction of sp³-hybridized carbons (Fsp3) is 0.909.